The molecule has 0 spiro atoms. The van der Waals surface area contributed by atoms with Crippen LogP contribution < -0.4 is 0 Å². The molecule has 2 aromatic rings. The Morgan fingerprint density at radius 2 is 1.75 bits per heavy atom. The van der Waals surface area contributed by atoms with Gasteiger partial charge in [-0.15, -0.1) is 6.58 Å². The molecule has 0 amide bonds. The zero-order valence-electron chi connectivity index (χ0n) is 13.3. The molecule has 0 radical (unpaired) electrons. The molecule has 0 bridgehead atoms. The maximum absolute atomic E-state index is 13.3. The van der Waals surface area contributed by atoms with Crippen molar-refractivity contribution in [2.75, 3.05) is 0 Å². The van der Waals surface area contributed by atoms with Crippen molar-refractivity contribution in [3.05, 3.63) is 60.4 Å². The van der Waals surface area contributed by atoms with E-state index in [4.69, 9.17) is 0 Å². The van der Waals surface area contributed by atoms with Gasteiger partial charge in [-0.2, -0.15) is 0 Å². The maximum atomic E-state index is 13.3. The van der Waals surface area contributed by atoms with Gasteiger partial charge in [0.1, 0.15) is 0 Å². The predicted molar refractivity (Wildman–Crippen MR) is 89.9 cm³/mol. The molecule has 1 aliphatic carbocycles. The molecule has 1 fully saturated rings. The van der Waals surface area contributed by atoms with Crippen LogP contribution in [0.5, 0.6) is 0 Å². The lowest BCUT2D eigenvalue weighted by Gasteiger charge is -2.22. The van der Waals surface area contributed by atoms with Gasteiger partial charge in [-0.1, -0.05) is 17.9 Å². The third kappa shape index (κ3) is 3.86. The minimum absolute atomic E-state index is 0.353. The van der Waals surface area contributed by atoms with Crippen LogP contribution in [0.1, 0.15) is 31.2 Å². The Hall–Kier alpha value is -2.54. The van der Waals surface area contributed by atoms with Crippen molar-refractivity contribution in [1.29, 1.82) is 0 Å². The van der Waals surface area contributed by atoms with E-state index in [1.165, 1.54) is 6.07 Å². The number of allylic oxidation sites excluding steroid dienone is 1. The maximum Gasteiger partial charge on any atom is 0.159 e. The van der Waals surface area contributed by atoms with Crippen LogP contribution in [0.25, 0.3) is 11.4 Å². The second-order valence-electron chi connectivity index (χ2n) is 6.04. The Labute approximate surface area is 140 Å². The van der Waals surface area contributed by atoms with Gasteiger partial charge in [0, 0.05) is 23.9 Å². The van der Waals surface area contributed by atoms with E-state index in [0.29, 0.717) is 23.2 Å². The van der Waals surface area contributed by atoms with E-state index >= 15 is 0 Å². The van der Waals surface area contributed by atoms with Crippen molar-refractivity contribution in [2.24, 2.45) is 11.8 Å². The van der Waals surface area contributed by atoms with Gasteiger partial charge in [0.25, 0.3) is 0 Å². The summed E-state index contributed by atoms with van der Waals surface area (Å²) >= 11 is 0. The highest BCUT2D eigenvalue weighted by molar-refractivity contribution is 5.55. The SMILES string of the molecule is C=CC1CCC(C#Cc2cnc(-c3ccc(F)c(F)c3)nc2)CC1. The molecule has 0 unspecified atom stereocenters. The lowest BCUT2D eigenvalue weighted by Crippen LogP contribution is -2.11. The van der Waals surface area contributed by atoms with Gasteiger partial charge >= 0.3 is 0 Å². The molecule has 0 N–H and O–H groups in total. The molecule has 122 valence electrons. The Morgan fingerprint density at radius 3 is 2.38 bits per heavy atom. The first-order chi connectivity index (χ1) is 11.7. The van der Waals surface area contributed by atoms with Crippen LogP contribution in [0, 0.1) is 35.3 Å². The van der Waals surface area contributed by atoms with Crippen LogP contribution in [0.4, 0.5) is 8.78 Å². The molecule has 1 aromatic heterocycles. The summed E-state index contributed by atoms with van der Waals surface area (Å²) in [6.07, 6.45) is 9.75. The summed E-state index contributed by atoms with van der Waals surface area (Å²) in [4.78, 5) is 8.39. The number of hydrogen-bond donors (Lipinski definition) is 0. The summed E-state index contributed by atoms with van der Waals surface area (Å²) in [7, 11) is 0. The third-order valence-corrected chi connectivity index (χ3v) is 4.36. The number of rotatable bonds is 2. The number of benzene rings is 1. The first kappa shape index (κ1) is 16.3. The van der Waals surface area contributed by atoms with Crippen molar-refractivity contribution >= 4 is 0 Å². The molecule has 0 atom stereocenters. The quantitative estimate of drug-likeness (QED) is 0.587. The molecule has 2 nitrogen and oxygen atoms in total. The number of nitrogens with zero attached hydrogens (tertiary/aromatic N) is 2. The fourth-order valence-corrected chi connectivity index (χ4v) is 2.86. The number of hydrogen-bond acceptors (Lipinski definition) is 2. The molecule has 1 aliphatic rings. The Morgan fingerprint density at radius 1 is 1.04 bits per heavy atom. The summed E-state index contributed by atoms with van der Waals surface area (Å²) in [5, 5.41) is 0. The Kier molecular flexibility index (Phi) is 5.00. The van der Waals surface area contributed by atoms with Gasteiger partial charge in [-0.25, -0.2) is 18.7 Å². The summed E-state index contributed by atoms with van der Waals surface area (Å²) in [5.41, 5.74) is 1.17. The first-order valence-electron chi connectivity index (χ1n) is 8.07. The normalized spacial score (nSPS) is 20.1. The molecule has 0 aliphatic heterocycles. The van der Waals surface area contributed by atoms with E-state index in [-0.39, 0.29) is 0 Å². The highest BCUT2D eigenvalue weighted by atomic mass is 19.2. The topological polar surface area (TPSA) is 25.8 Å². The largest absolute Gasteiger partial charge is 0.235 e. The molecule has 24 heavy (non-hydrogen) atoms. The third-order valence-electron chi connectivity index (χ3n) is 4.36. The molecular formula is C20H18F2N2. The van der Waals surface area contributed by atoms with Crippen LogP contribution in [0.15, 0.2) is 43.2 Å². The average molecular weight is 324 g/mol. The van der Waals surface area contributed by atoms with Crippen molar-refractivity contribution in [2.45, 2.75) is 25.7 Å². The second kappa shape index (κ2) is 7.35. The van der Waals surface area contributed by atoms with Gasteiger partial charge in [0.15, 0.2) is 17.5 Å². The van der Waals surface area contributed by atoms with Crippen LogP contribution in [0.3, 0.4) is 0 Å². The lowest BCUT2D eigenvalue weighted by molar-refractivity contribution is 0.365. The van der Waals surface area contributed by atoms with Gasteiger partial charge in [-0.3, -0.25) is 0 Å². The molecular weight excluding hydrogens is 306 g/mol. The molecule has 1 aromatic carbocycles. The zero-order chi connectivity index (χ0) is 16.9. The monoisotopic (exact) mass is 324 g/mol. The van der Waals surface area contributed by atoms with E-state index in [1.807, 2.05) is 6.08 Å². The molecule has 4 heteroatoms. The fraction of sp³-hybridized carbons (Fsp3) is 0.300. The molecule has 0 saturated heterocycles. The average Bonchev–Trinajstić information content (AvgIpc) is 2.63. The van der Waals surface area contributed by atoms with E-state index in [2.05, 4.69) is 28.4 Å². The minimum atomic E-state index is -0.907. The van der Waals surface area contributed by atoms with Crippen LogP contribution in [-0.2, 0) is 0 Å². The smallest absolute Gasteiger partial charge is 0.159 e. The molecule has 1 heterocycles. The van der Waals surface area contributed by atoms with Crippen molar-refractivity contribution < 1.29 is 8.78 Å². The van der Waals surface area contributed by atoms with Crippen LogP contribution in [0.2, 0.25) is 0 Å². The fourth-order valence-electron chi connectivity index (χ4n) is 2.86. The van der Waals surface area contributed by atoms with Crippen molar-refractivity contribution in [3.8, 4) is 23.2 Å². The highest BCUT2D eigenvalue weighted by Crippen LogP contribution is 2.28. The zero-order valence-corrected chi connectivity index (χ0v) is 13.3. The van der Waals surface area contributed by atoms with E-state index < -0.39 is 11.6 Å². The Bertz CT molecular complexity index is 780. The van der Waals surface area contributed by atoms with E-state index in [0.717, 1.165) is 43.4 Å². The first-order valence-corrected chi connectivity index (χ1v) is 8.07. The lowest BCUT2D eigenvalue weighted by atomic mass is 9.82. The highest BCUT2D eigenvalue weighted by Gasteiger charge is 2.17. The van der Waals surface area contributed by atoms with Gasteiger partial charge in [0.05, 0.1) is 5.56 Å². The molecule has 3 rings (SSSR count). The van der Waals surface area contributed by atoms with Gasteiger partial charge < -0.3 is 0 Å². The number of halogens is 2. The van der Waals surface area contributed by atoms with Crippen molar-refractivity contribution in [1.82, 2.24) is 9.97 Å². The standard InChI is InChI=1S/C20H18F2N2/c1-2-14-3-5-15(6-4-14)7-8-16-12-23-20(24-13-16)17-9-10-18(21)19(22)11-17/h2,9-15H,1,3-6H2. The van der Waals surface area contributed by atoms with Gasteiger partial charge in [0.2, 0.25) is 0 Å². The number of aromatic nitrogens is 2. The minimum Gasteiger partial charge on any atom is -0.235 e. The van der Waals surface area contributed by atoms with Crippen LogP contribution in [-0.4, -0.2) is 9.97 Å². The Balaban J connectivity index is 1.68. The second-order valence-corrected chi connectivity index (χ2v) is 6.04. The predicted octanol–water partition coefficient (Wildman–Crippen LogP) is 4.77. The van der Waals surface area contributed by atoms with Crippen molar-refractivity contribution in [3.63, 3.8) is 0 Å². The molecule has 1 saturated carbocycles. The van der Waals surface area contributed by atoms with E-state index in [1.54, 1.807) is 12.4 Å². The summed E-state index contributed by atoms with van der Waals surface area (Å²) < 4.78 is 26.2. The van der Waals surface area contributed by atoms with E-state index in [9.17, 15) is 8.78 Å². The summed E-state index contributed by atoms with van der Waals surface area (Å²) in [6.45, 7) is 3.85. The van der Waals surface area contributed by atoms with Crippen LogP contribution >= 0.6 is 0 Å². The summed E-state index contributed by atoms with van der Waals surface area (Å²) in [6, 6.07) is 3.62. The summed E-state index contributed by atoms with van der Waals surface area (Å²) in [5.74, 6) is 6.00. The van der Waals surface area contributed by atoms with Gasteiger partial charge in [-0.05, 0) is 49.8 Å².